The lowest BCUT2D eigenvalue weighted by atomic mass is 10.1. The number of piperazine rings is 1. The van der Waals surface area contributed by atoms with Crippen LogP contribution in [0, 0.1) is 16.7 Å². The summed E-state index contributed by atoms with van der Waals surface area (Å²) >= 11 is 0. The highest BCUT2D eigenvalue weighted by molar-refractivity contribution is 7.89. The lowest BCUT2D eigenvalue weighted by Gasteiger charge is -2.34. The molecule has 1 saturated heterocycles. The molecule has 0 N–H and O–H groups in total. The van der Waals surface area contributed by atoms with Gasteiger partial charge in [0.05, 0.1) is 22.8 Å². The fourth-order valence-corrected chi connectivity index (χ4v) is 4.99. The lowest BCUT2D eigenvalue weighted by Crippen LogP contribution is -2.51. The quantitative estimate of drug-likeness (QED) is 0.774. The second kappa shape index (κ2) is 6.80. The standard InChI is InChI=1S/C17H18F3N3O3S/c18-17(19,20)14-3-1-13(2-4-14)15(24)22-7-9-23(10-8-22)27(25,26)12-16(11-21)5-6-16/h1-4H,5-10,12H2. The Labute approximate surface area is 155 Å². The molecule has 2 aliphatic rings. The lowest BCUT2D eigenvalue weighted by molar-refractivity contribution is -0.137. The minimum Gasteiger partial charge on any atom is -0.336 e. The number of carbonyl (C=O) groups is 1. The number of hydrogen-bond donors (Lipinski definition) is 0. The number of hydrogen-bond acceptors (Lipinski definition) is 4. The third-order valence-corrected chi connectivity index (χ3v) is 7.00. The van der Waals surface area contributed by atoms with Gasteiger partial charge < -0.3 is 4.90 Å². The smallest absolute Gasteiger partial charge is 0.336 e. The first-order valence-electron chi connectivity index (χ1n) is 8.42. The van der Waals surface area contributed by atoms with Crippen molar-refractivity contribution in [3.8, 4) is 6.07 Å². The molecule has 1 saturated carbocycles. The van der Waals surface area contributed by atoms with Gasteiger partial charge in [-0.05, 0) is 37.1 Å². The molecule has 1 aliphatic heterocycles. The van der Waals surface area contributed by atoms with Crippen LogP contribution >= 0.6 is 0 Å². The fraction of sp³-hybridized carbons (Fsp3) is 0.529. The molecule has 1 aliphatic carbocycles. The van der Waals surface area contributed by atoms with Gasteiger partial charge in [0.25, 0.3) is 5.91 Å². The summed E-state index contributed by atoms with van der Waals surface area (Å²) < 4.78 is 64.0. The number of halogens is 3. The van der Waals surface area contributed by atoms with E-state index >= 15 is 0 Å². The maximum absolute atomic E-state index is 12.6. The number of carbonyl (C=O) groups excluding carboxylic acids is 1. The van der Waals surface area contributed by atoms with Gasteiger partial charge in [-0.1, -0.05) is 0 Å². The Morgan fingerprint density at radius 2 is 1.67 bits per heavy atom. The number of rotatable bonds is 4. The zero-order chi connectivity index (χ0) is 19.9. The van der Waals surface area contributed by atoms with E-state index in [1.165, 1.54) is 9.21 Å². The summed E-state index contributed by atoms with van der Waals surface area (Å²) in [6.07, 6.45) is -3.31. The maximum Gasteiger partial charge on any atom is 0.416 e. The third kappa shape index (κ3) is 4.25. The number of nitriles is 1. The maximum atomic E-state index is 12.6. The van der Waals surface area contributed by atoms with Crippen LogP contribution in [0.15, 0.2) is 24.3 Å². The van der Waals surface area contributed by atoms with Crippen molar-refractivity contribution in [2.24, 2.45) is 5.41 Å². The molecule has 0 atom stereocenters. The Morgan fingerprint density at radius 1 is 1.11 bits per heavy atom. The van der Waals surface area contributed by atoms with Crippen LogP contribution in [-0.2, 0) is 16.2 Å². The van der Waals surface area contributed by atoms with Crippen molar-refractivity contribution >= 4 is 15.9 Å². The molecule has 0 radical (unpaired) electrons. The van der Waals surface area contributed by atoms with Crippen LogP contribution in [0.2, 0.25) is 0 Å². The van der Waals surface area contributed by atoms with Crippen molar-refractivity contribution in [3.63, 3.8) is 0 Å². The Hall–Kier alpha value is -2.12. The SMILES string of the molecule is N#CC1(CS(=O)(=O)N2CCN(C(=O)c3ccc(C(F)(F)F)cc3)CC2)CC1. The molecule has 1 aromatic carbocycles. The van der Waals surface area contributed by atoms with Crippen molar-refractivity contribution in [3.05, 3.63) is 35.4 Å². The first-order valence-corrected chi connectivity index (χ1v) is 10.0. The summed E-state index contributed by atoms with van der Waals surface area (Å²) in [6, 6.07) is 6.01. The van der Waals surface area contributed by atoms with E-state index < -0.39 is 33.1 Å². The molecule has 0 spiro atoms. The van der Waals surface area contributed by atoms with Gasteiger partial charge >= 0.3 is 6.18 Å². The van der Waals surface area contributed by atoms with Crippen LogP contribution < -0.4 is 0 Å². The van der Waals surface area contributed by atoms with Gasteiger partial charge in [-0.15, -0.1) is 0 Å². The monoisotopic (exact) mass is 401 g/mol. The van der Waals surface area contributed by atoms with Gasteiger partial charge in [0, 0.05) is 31.7 Å². The van der Waals surface area contributed by atoms with Crippen molar-refractivity contribution in [1.29, 1.82) is 5.26 Å². The molecule has 0 bridgehead atoms. The zero-order valence-electron chi connectivity index (χ0n) is 14.4. The topological polar surface area (TPSA) is 81.5 Å². The second-order valence-electron chi connectivity index (χ2n) is 6.91. The summed E-state index contributed by atoms with van der Waals surface area (Å²) in [5.74, 6) is -0.639. The molecule has 1 aromatic rings. The highest BCUT2D eigenvalue weighted by atomic mass is 32.2. The second-order valence-corrected chi connectivity index (χ2v) is 8.88. The molecule has 0 aromatic heterocycles. The molecule has 27 heavy (non-hydrogen) atoms. The summed E-state index contributed by atoms with van der Waals surface area (Å²) in [6.45, 7) is 0.518. The van der Waals surface area contributed by atoms with Crippen molar-refractivity contribution < 1.29 is 26.4 Å². The number of sulfonamides is 1. The molecule has 2 fully saturated rings. The third-order valence-electron chi connectivity index (χ3n) is 4.93. The highest BCUT2D eigenvalue weighted by Crippen LogP contribution is 2.46. The molecule has 3 rings (SSSR count). The number of alkyl halides is 3. The summed E-state index contributed by atoms with van der Waals surface area (Å²) in [5, 5.41) is 9.07. The summed E-state index contributed by atoms with van der Waals surface area (Å²) in [4.78, 5) is 13.9. The first-order chi connectivity index (χ1) is 12.6. The minimum absolute atomic E-state index is 0.107. The van der Waals surface area contributed by atoms with Crippen LogP contribution in [0.5, 0.6) is 0 Å². The van der Waals surface area contributed by atoms with Crippen LogP contribution in [-0.4, -0.2) is 55.5 Å². The minimum atomic E-state index is -4.47. The van der Waals surface area contributed by atoms with Crippen LogP contribution in [0.3, 0.4) is 0 Å². The Kier molecular flexibility index (Phi) is 4.94. The average Bonchev–Trinajstić information content (AvgIpc) is 3.40. The summed E-state index contributed by atoms with van der Waals surface area (Å²) in [5.41, 5.74) is -1.48. The van der Waals surface area contributed by atoms with Gasteiger partial charge in [-0.25, -0.2) is 8.42 Å². The van der Waals surface area contributed by atoms with E-state index in [-0.39, 0.29) is 37.5 Å². The van der Waals surface area contributed by atoms with E-state index in [0.29, 0.717) is 12.8 Å². The summed E-state index contributed by atoms with van der Waals surface area (Å²) in [7, 11) is -3.58. The predicted molar refractivity (Wildman–Crippen MR) is 90.0 cm³/mol. The molecule has 0 unspecified atom stereocenters. The molecule has 6 nitrogen and oxygen atoms in total. The van der Waals surface area contributed by atoms with E-state index in [1.54, 1.807) is 0 Å². The number of nitrogens with zero attached hydrogens (tertiary/aromatic N) is 3. The van der Waals surface area contributed by atoms with Crippen LogP contribution in [0.4, 0.5) is 13.2 Å². The normalized spacial score (nSPS) is 20.1. The fourth-order valence-electron chi connectivity index (χ4n) is 3.03. The Morgan fingerprint density at radius 3 is 2.11 bits per heavy atom. The molecule has 1 heterocycles. The zero-order valence-corrected chi connectivity index (χ0v) is 15.2. The van der Waals surface area contributed by atoms with Gasteiger partial charge in [0.1, 0.15) is 0 Å². The molecule has 1 amide bonds. The van der Waals surface area contributed by atoms with Gasteiger partial charge in [0.15, 0.2) is 0 Å². The van der Waals surface area contributed by atoms with Gasteiger partial charge in [-0.2, -0.15) is 22.7 Å². The largest absolute Gasteiger partial charge is 0.416 e. The number of benzene rings is 1. The first kappa shape index (κ1) is 19.6. The van der Waals surface area contributed by atoms with Crippen molar-refractivity contribution in [2.45, 2.75) is 19.0 Å². The van der Waals surface area contributed by atoms with E-state index in [9.17, 15) is 26.4 Å². The average molecular weight is 401 g/mol. The van der Waals surface area contributed by atoms with Crippen molar-refractivity contribution in [1.82, 2.24) is 9.21 Å². The van der Waals surface area contributed by atoms with Crippen molar-refractivity contribution in [2.75, 3.05) is 31.9 Å². The van der Waals surface area contributed by atoms with E-state index in [2.05, 4.69) is 6.07 Å². The van der Waals surface area contributed by atoms with Gasteiger partial charge in [0.2, 0.25) is 10.0 Å². The van der Waals surface area contributed by atoms with E-state index in [4.69, 9.17) is 5.26 Å². The van der Waals surface area contributed by atoms with Gasteiger partial charge in [-0.3, -0.25) is 4.79 Å². The molecular weight excluding hydrogens is 383 g/mol. The van der Waals surface area contributed by atoms with Crippen LogP contribution in [0.25, 0.3) is 0 Å². The Balaban J connectivity index is 1.60. The Bertz CT molecular complexity index is 863. The highest BCUT2D eigenvalue weighted by Gasteiger charge is 2.48. The molecule has 146 valence electrons. The van der Waals surface area contributed by atoms with E-state index in [0.717, 1.165) is 24.3 Å². The number of amides is 1. The molecular formula is C17H18F3N3O3S. The molecule has 10 heteroatoms. The van der Waals surface area contributed by atoms with E-state index in [1.807, 2.05) is 0 Å². The van der Waals surface area contributed by atoms with Crippen LogP contribution in [0.1, 0.15) is 28.8 Å². The predicted octanol–water partition coefficient (Wildman–Crippen LogP) is 2.10.